The molecule has 0 spiro atoms. The van der Waals surface area contributed by atoms with Gasteiger partial charge in [0.05, 0.1) is 0 Å². The van der Waals surface area contributed by atoms with Crippen LogP contribution in [0.3, 0.4) is 0 Å². The predicted molar refractivity (Wildman–Crippen MR) is 90.2 cm³/mol. The highest BCUT2D eigenvalue weighted by molar-refractivity contribution is 6.15. The number of amides is 1. The average Bonchev–Trinajstić information content (AvgIpc) is 2.89. The van der Waals surface area contributed by atoms with Crippen molar-refractivity contribution < 1.29 is 14.0 Å². The highest BCUT2D eigenvalue weighted by Gasteiger charge is 2.69. The van der Waals surface area contributed by atoms with Crippen molar-refractivity contribution in [2.24, 2.45) is 16.7 Å². The molecule has 1 heterocycles. The van der Waals surface area contributed by atoms with Crippen LogP contribution in [0.5, 0.6) is 0 Å². The molecule has 3 atom stereocenters. The summed E-state index contributed by atoms with van der Waals surface area (Å²) in [6.45, 7) is 6.18. The summed E-state index contributed by atoms with van der Waals surface area (Å²) in [7, 11) is 0. The van der Waals surface area contributed by atoms with E-state index in [1.165, 1.54) is 12.1 Å². The van der Waals surface area contributed by atoms with E-state index in [1.54, 1.807) is 11.0 Å². The lowest BCUT2D eigenvalue weighted by molar-refractivity contribution is -0.143. The number of aryl methyl sites for hydroxylation is 1. The van der Waals surface area contributed by atoms with E-state index in [2.05, 4.69) is 13.8 Å². The van der Waals surface area contributed by atoms with Crippen LogP contribution in [-0.4, -0.2) is 17.7 Å². The van der Waals surface area contributed by atoms with Crippen LogP contribution in [0, 0.1) is 22.6 Å². The smallest absolute Gasteiger partial charge is 0.241 e. The second kappa shape index (κ2) is 4.90. The Morgan fingerprint density at radius 1 is 1.29 bits per heavy atom. The number of benzene rings is 1. The molecule has 4 rings (SSSR count). The maximum atomic E-state index is 13.7. The van der Waals surface area contributed by atoms with E-state index < -0.39 is 5.41 Å². The van der Waals surface area contributed by atoms with Gasteiger partial charge in [0.15, 0.2) is 0 Å². The molecule has 24 heavy (non-hydrogen) atoms. The van der Waals surface area contributed by atoms with Crippen LogP contribution in [0.15, 0.2) is 18.2 Å². The molecule has 2 fully saturated rings. The van der Waals surface area contributed by atoms with Crippen LogP contribution in [0.4, 0.5) is 10.1 Å². The Kier molecular flexibility index (Phi) is 3.23. The lowest BCUT2D eigenvalue weighted by atomic mass is 9.67. The highest BCUT2D eigenvalue weighted by Crippen LogP contribution is 2.64. The Labute approximate surface area is 142 Å². The molecule has 2 saturated carbocycles. The molecule has 3 nitrogen and oxygen atoms in total. The highest BCUT2D eigenvalue weighted by atomic mass is 19.1. The molecule has 1 aromatic carbocycles. The topological polar surface area (TPSA) is 37.4 Å². The summed E-state index contributed by atoms with van der Waals surface area (Å²) in [5, 5.41) is 0. The molecule has 0 N–H and O–H groups in total. The largest absolute Gasteiger partial charge is 0.308 e. The SMILES string of the molecule is C[C@@H]1CCc2cc(F)ccc2N1C(=O)[C@@]12CC[C@@H](CC1=O)C2(C)C. The van der Waals surface area contributed by atoms with E-state index in [4.69, 9.17) is 0 Å². The fraction of sp³-hybridized carbons (Fsp3) is 0.600. The zero-order chi connectivity index (χ0) is 17.3. The number of carbonyl (C=O) groups excluding carboxylic acids is 2. The first-order chi connectivity index (χ1) is 11.3. The third-order valence-corrected chi connectivity index (χ3v) is 7.05. The number of anilines is 1. The van der Waals surface area contributed by atoms with E-state index in [-0.39, 0.29) is 29.0 Å². The number of halogens is 1. The van der Waals surface area contributed by atoms with Crippen molar-refractivity contribution >= 4 is 17.4 Å². The van der Waals surface area contributed by atoms with E-state index in [0.29, 0.717) is 18.8 Å². The van der Waals surface area contributed by atoms with Crippen molar-refractivity contribution in [3.8, 4) is 0 Å². The van der Waals surface area contributed by atoms with Gasteiger partial charge in [-0.05, 0) is 67.7 Å². The van der Waals surface area contributed by atoms with E-state index in [0.717, 1.165) is 30.5 Å². The van der Waals surface area contributed by atoms with Gasteiger partial charge in [-0.15, -0.1) is 0 Å². The fourth-order valence-corrected chi connectivity index (χ4v) is 5.41. The molecular weight excluding hydrogens is 305 g/mol. The van der Waals surface area contributed by atoms with E-state index >= 15 is 0 Å². The molecule has 2 aliphatic carbocycles. The number of rotatable bonds is 1. The summed E-state index contributed by atoms with van der Waals surface area (Å²) in [4.78, 5) is 28.3. The maximum absolute atomic E-state index is 13.7. The van der Waals surface area contributed by atoms with Gasteiger partial charge in [-0.3, -0.25) is 9.59 Å². The molecule has 3 aliphatic rings. The van der Waals surface area contributed by atoms with Crippen LogP contribution in [0.2, 0.25) is 0 Å². The number of hydrogen-bond donors (Lipinski definition) is 0. The summed E-state index contributed by atoms with van der Waals surface area (Å²) in [5.74, 6) is 0.0848. The standard InChI is InChI=1S/C20H24FNO2/c1-12-4-5-13-10-15(21)6-7-16(13)22(12)18(24)20-9-8-14(11-17(20)23)19(20,2)3/h6-7,10,12,14H,4-5,8-9,11H2,1-3H3/t12-,14+,20-/m1/s1. The summed E-state index contributed by atoms with van der Waals surface area (Å²) in [6, 6.07) is 4.67. The van der Waals surface area contributed by atoms with Gasteiger partial charge in [0, 0.05) is 18.2 Å². The summed E-state index contributed by atoms with van der Waals surface area (Å²) in [6.07, 6.45) is 3.70. The zero-order valence-corrected chi connectivity index (χ0v) is 14.6. The number of carbonyl (C=O) groups is 2. The number of hydrogen-bond acceptors (Lipinski definition) is 2. The quantitative estimate of drug-likeness (QED) is 0.733. The van der Waals surface area contributed by atoms with Crippen molar-refractivity contribution in [1.82, 2.24) is 0 Å². The Morgan fingerprint density at radius 3 is 2.67 bits per heavy atom. The number of Topliss-reactive ketones (excluding diaryl/α,β-unsaturated/α-hetero) is 1. The monoisotopic (exact) mass is 329 g/mol. The Balaban J connectivity index is 1.82. The third-order valence-electron chi connectivity index (χ3n) is 7.05. The molecule has 0 aromatic heterocycles. The Hall–Kier alpha value is -1.71. The number of nitrogens with zero attached hydrogens (tertiary/aromatic N) is 1. The predicted octanol–water partition coefficient (Wildman–Crippen LogP) is 3.89. The van der Waals surface area contributed by atoms with Crippen LogP contribution < -0.4 is 4.90 Å². The van der Waals surface area contributed by atoms with Gasteiger partial charge in [-0.1, -0.05) is 13.8 Å². The summed E-state index contributed by atoms with van der Waals surface area (Å²) < 4.78 is 13.6. The van der Waals surface area contributed by atoms with Gasteiger partial charge < -0.3 is 4.90 Å². The minimum absolute atomic E-state index is 0.0353. The van der Waals surface area contributed by atoms with Gasteiger partial charge in [-0.25, -0.2) is 4.39 Å². The minimum Gasteiger partial charge on any atom is -0.308 e. The van der Waals surface area contributed by atoms with Crippen molar-refractivity contribution in [3.63, 3.8) is 0 Å². The second-order valence-electron chi connectivity index (χ2n) is 8.33. The van der Waals surface area contributed by atoms with Gasteiger partial charge in [-0.2, -0.15) is 0 Å². The van der Waals surface area contributed by atoms with Gasteiger partial charge in [0.2, 0.25) is 5.91 Å². The van der Waals surface area contributed by atoms with Crippen molar-refractivity contribution in [2.45, 2.75) is 58.9 Å². The van der Waals surface area contributed by atoms with Crippen LogP contribution in [-0.2, 0) is 16.0 Å². The number of ketones is 1. The molecule has 128 valence electrons. The van der Waals surface area contributed by atoms with Gasteiger partial charge in [0.25, 0.3) is 0 Å². The third kappa shape index (κ3) is 1.77. The van der Waals surface area contributed by atoms with Crippen LogP contribution in [0.25, 0.3) is 0 Å². The molecule has 1 aliphatic heterocycles. The zero-order valence-electron chi connectivity index (χ0n) is 14.6. The molecule has 4 heteroatoms. The lowest BCUT2D eigenvalue weighted by Crippen LogP contribution is -2.55. The van der Waals surface area contributed by atoms with Crippen LogP contribution in [0.1, 0.15) is 52.0 Å². The summed E-state index contributed by atoms with van der Waals surface area (Å²) in [5.41, 5.74) is 0.470. The molecule has 1 amide bonds. The Bertz CT molecular complexity index is 741. The molecular formula is C20H24FNO2. The van der Waals surface area contributed by atoms with Gasteiger partial charge in [0.1, 0.15) is 17.0 Å². The van der Waals surface area contributed by atoms with Crippen molar-refractivity contribution in [3.05, 3.63) is 29.6 Å². The normalized spacial score (nSPS) is 33.7. The average molecular weight is 329 g/mol. The molecule has 0 saturated heterocycles. The van der Waals surface area contributed by atoms with Crippen molar-refractivity contribution in [2.75, 3.05) is 4.90 Å². The fourth-order valence-electron chi connectivity index (χ4n) is 5.41. The van der Waals surface area contributed by atoms with E-state index in [1.807, 2.05) is 6.92 Å². The first-order valence-corrected chi connectivity index (χ1v) is 8.94. The second-order valence-corrected chi connectivity index (χ2v) is 8.33. The van der Waals surface area contributed by atoms with Crippen molar-refractivity contribution in [1.29, 1.82) is 0 Å². The van der Waals surface area contributed by atoms with E-state index in [9.17, 15) is 14.0 Å². The number of fused-ring (bicyclic) bond motifs is 3. The Morgan fingerprint density at radius 2 is 2.04 bits per heavy atom. The maximum Gasteiger partial charge on any atom is 0.241 e. The molecule has 1 aromatic rings. The minimum atomic E-state index is -0.894. The molecule has 2 bridgehead atoms. The first kappa shape index (κ1) is 15.8. The first-order valence-electron chi connectivity index (χ1n) is 8.94. The summed E-state index contributed by atoms with van der Waals surface area (Å²) >= 11 is 0. The molecule has 0 unspecified atom stereocenters. The van der Waals surface area contributed by atoms with Crippen LogP contribution >= 0.6 is 0 Å². The lowest BCUT2D eigenvalue weighted by Gasteiger charge is -2.43. The van der Waals surface area contributed by atoms with Gasteiger partial charge >= 0.3 is 0 Å². The molecule has 0 radical (unpaired) electrons.